The number of nitrogens with zero attached hydrogens (tertiary/aromatic N) is 3. The summed E-state index contributed by atoms with van der Waals surface area (Å²) in [4.78, 5) is 16.6. The van der Waals surface area contributed by atoms with E-state index in [2.05, 4.69) is 60.4 Å². The van der Waals surface area contributed by atoms with E-state index in [1.54, 1.807) is 12.4 Å². The first kappa shape index (κ1) is 19.4. The number of hydrogen-bond donors (Lipinski definition) is 1. The van der Waals surface area contributed by atoms with E-state index in [1.807, 2.05) is 23.0 Å². The predicted octanol–water partition coefficient (Wildman–Crippen LogP) is 4.30. The molecule has 0 fully saturated rings. The molecule has 2 heterocycles. The number of nitrogens with one attached hydrogen (secondary N) is 1. The fourth-order valence-corrected chi connectivity index (χ4v) is 3.97. The predicted molar refractivity (Wildman–Crippen MR) is 114 cm³/mol. The van der Waals surface area contributed by atoms with Crippen LogP contribution in [-0.4, -0.2) is 20.7 Å². The van der Waals surface area contributed by atoms with Crippen molar-refractivity contribution in [1.29, 1.82) is 0 Å². The lowest BCUT2D eigenvalue weighted by Crippen LogP contribution is -2.32. The van der Waals surface area contributed by atoms with Crippen molar-refractivity contribution in [2.75, 3.05) is 0 Å². The summed E-state index contributed by atoms with van der Waals surface area (Å²) in [6.45, 7) is 6.66. The van der Waals surface area contributed by atoms with Crippen LogP contribution in [0, 0.1) is 0 Å². The van der Waals surface area contributed by atoms with Crippen molar-refractivity contribution in [3.05, 3.63) is 77.4 Å². The van der Waals surface area contributed by atoms with Crippen molar-refractivity contribution in [1.82, 2.24) is 20.1 Å². The molecule has 1 atom stereocenters. The van der Waals surface area contributed by atoms with Gasteiger partial charge in [0.15, 0.2) is 0 Å². The Bertz CT molecular complexity index is 984. The zero-order valence-electron chi connectivity index (χ0n) is 17.4. The van der Waals surface area contributed by atoms with Gasteiger partial charge in [0.25, 0.3) is 0 Å². The lowest BCUT2D eigenvalue weighted by atomic mass is 9.87. The number of rotatable bonds is 4. The molecule has 0 radical (unpaired) electrons. The minimum atomic E-state index is 0.0190. The van der Waals surface area contributed by atoms with Gasteiger partial charge in [-0.1, -0.05) is 39.0 Å². The van der Waals surface area contributed by atoms with Crippen molar-refractivity contribution >= 4 is 5.91 Å². The smallest absolute Gasteiger partial charge is 0.224 e. The fourth-order valence-electron chi connectivity index (χ4n) is 3.97. The summed E-state index contributed by atoms with van der Waals surface area (Å²) in [5.74, 6) is 0.0260. The third kappa shape index (κ3) is 4.24. The second-order valence-electron chi connectivity index (χ2n) is 8.81. The van der Waals surface area contributed by atoms with Crippen LogP contribution in [0.2, 0.25) is 0 Å². The van der Waals surface area contributed by atoms with Gasteiger partial charge in [-0.05, 0) is 54.0 Å². The van der Waals surface area contributed by atoms with Crippen molar-refractivity contribution in [2.24, 2.45) is 0 Å². The fraction of sp³-hybridized carbons (Fsp3) is 0.375. The molecule has 2 aromatic heterocycles. The molecular formula is C24H28N4O. The van der Waals surface area contributed by atoms with Gasteiger partial charge in [-0.25, -0.2) is 4.68 Å². The van der Waals surface area contributed by atoms with Gasteiger partial charge in [-0.3, -0.25) is 9.78 Å². The van der Waals surface area contributed by atoms with Gasteiger partial charge in [0.05, 0.1) is 24.3 Å². The van der Waals surface area contributed by atoms with Crippen LogP contribution >= 0.6 is 0 Å². The normalized spacial score (nSPS) is 16.3. The topological polar surface area (TPSA) is 59.8 Å². The molecule has 150 valence electrons. The highest BCUT2D eigenvalue weighted by Gasteiger charge is 2.26. The highest BCUT2D eigenvalue weighted by Crippen LogP contribution is 2.31. The number of carbonyl (C=O) groups is 1. The van der Waals surface area contributed by atoms with E-state index in [0.717, 1.165) is 36.1 Å². The Balaban J connectivity index is 1.52. The first-order chi connectivity index (χ1) is 13.9. The van der Waals surface area contributed by atoms with Gasteiger partial charge in [-0.2, -0.15) is 5.10 Å². The molecule has 1 N–H and O–H groups in total. The SMILES string of the molecule is CC(C)(C)c1ccc(-n2ncc3c2CCC[C@H]3NC(=O)Cc2cccnc2)cc1. The summed E-state index contributed by atoms with van der Waals surface area (Å²) >= 11 is 0. The molecule has 4 rings (SSSR count). The van der Waals surface area contributed by atoms with Gasteiger partial charge >= 0.3 is 0 Å². The van der Waals surface area contributed by atoms with Crippen LogP contribution in [0.1, 0.15) is 62.0 Å². The summed E-state index contributed by atoms with van der Waals surface area (Å²) in [7, 11) is 0. The third-order valence-electron chi connectivity index (χ3n) is 5.58. The van der Waals surface area contributed by atoms with Gasteiger partial charge in [0.2, 0.25) is 5.91 Å². The van der Waals surface area contributed by atoms with Crippen LogP contribution < -0.4 is 5.32 Å². The summed E-state index contributed by atoms with van der Waals surface area (Å²) in [6.07, 6.45) is 8.69. The minimum Gasteiger partial charge on any atom is -0.349 e. The molecule has 1 aromatic carbocycles. The third-order valence-corrected chi connectivity index (χ3v) is 5.58. The van der Waals surface area contributed by atoms with E-state index in [1.165, 1.54) is 11.3 Å². The van der Waals surface area contributed by atoms with Crippen LogP contribution in [0.5, 0.6) is 0 Å². The van der Waals surface area contributed by atoms with E-state index in [9.17, 15) is 4.79 Å². The second kappa shape index (κ2) is 7.82. The largest absolute Gasteiger partial charge is 0.349 e. The zero-order chi connectivity index (χ0) is 20.4. The first-order valence-corrected chi connectivity index (χ1v) is 10.3. The molecule has 1 aliphatic carbocycles. The number of aromatic nitrogens is 3. The van der Waals surface area contributed by atoms with Crippen LogP contribution in [0.3, 0.4) is 0 Å². The molecule has 5 nitrogen and oxygen atoms in total. The second-order valence-corrected chi connectivity index (χ2v) is 8.81. The van der Waals surface area contributed by atoms with Crippen molar-refractivity contribution < 1.29 is 4.79 Å². The quantitative estimate of drug-likeness (QED) is 0.725. The highest BCUT2D eigenvalue weighted by molar-refractivity contribution is 5.79. The van der Waals surface area contributed by atoms with E-state index in [4.69, 9.17) is 0 Å². The Hall–Kier alpha value is -2.95. The Kier molecular flexibility index (Phi) is 5.22. The number of benzene rings is 1. The molecule has 0 aliphatic heterocycles. The summed E-state index contributed by atoms with van der Waals surface area (Å²) < 4.78 is 2.03. The number of carbonyl (C=O) groups excluding carboxylic acids is 1. The minimum absolute atomic E-state index is 0.0190. The Labute approximate surface area is 172 Å². The molecule has 0 saturated carbocycles. The molecule has 3 aromatic rings. The Morgan fingerprint density at radius 2 is 1.97 bits per heavy atom. The van der Waals surface area contributed by atoms with Crippen LogP contribution in [0.15, 0.2) is 55.0 Å². The maximum absolute atomic E-state index is 12.5. The lowest BCUT2D eigenvalue weighted by Gasteiger charge is -2.24. The lowest BCUT2D eigenvalue weighted by molar-refractivity contribution is -0.121. The summed E-state index contributed by atoms with van der Waals surface area (Å²) in [5.41, 5.74) is 5.77. The van der Waals surface area contributed by atoms with Crippen LogP contribution in [0.4, 0.5) is 0 Å². The van der Waals surface area contributed by atoms with Crippen molar-refractivity contribution in [2.45, 2.75) is 57.9 Å². The maximum atomic E-state index is 12.5. The standard InChI is InChI=1S/C24H28N4O/c1-24(2,3)18-9-11-19(12-10-18)28-22-8-4-7-21(20(22)16-26-28)27-23(29)14-17-6-5-13-25-15-17/h5-6,9-13,15-16,21H,4,7-8,14H2,1-3H3,(H,27,29)/t21-/m1/s1. The molecule has 29 heavy (non-hydrogen) atoms. The first-order valence-electron chi connectivity index (χ1n) is 10.3. The number of amides is 1. The van der Waals surface area contributed by atoms with Crippen molar-refractivity contribution in [3.63, 3.8) is 0 Å². The average Bonchev–Trinajstić information content (AvgIpc) is 3.13. The molecular weight excluding hydrogens is 360 g/mol. The van der Waals surface area contributed by atoms with E-state index in [0.29, 0.717) is 6.42 Å². The molecule has 1 aliphatic rings. The molecule has 0 bridgehead atoms. The molecule has 5 heteroatoms. The van der Waals surface area contributed by atoms with Gasteiger partial charge in [-0.15, -0.1) is 0 Å². The van der Waals surface area contributed by atoms with Crippen molar-refractivity contribution in [3.8, 4) is 5.69 Å². The Morgan fingerprint density at radius 3 is 2.66 bits per heavy atom. The maximum Gasteiger partial charge on any atom is 0.224 e. The van der Waals surface area contributed by atoms with Crippen LogP contribution in [0.25, 0.3) is 5.69 Å². The molecule has 0 spiro atoms. The van der Waals surface area contributed by atoms with Crippen LogP contribution in [-0.2, 0) is 23.1 Å². The van der Waals surface area contributed by atoms with Gasteiger partial charge in [0.1, 0.15) is 0 Å². The zero-order valence-corrected chi connectivity index (χ0v) is 17.4. The molecule has 1 amide bonds. The average molecular weight is 389 g/mol. The number of hydrogen-bond acceptors (Lipinski definition) is 3. The number of pyridine rings is 1. The molecule has 0 saturated heterocycles. The summed E-state index contributed by atoms with van der Waals surface area (Å²) in [6, 6.07) is 12.4. The highest BCUT2D eigenvalue weighted by atomic mass is 16.1. The monoisotopic (exact) mass is 388 g/mol. The van der Waals surface area contributed by atoms with E-state index >= 15 is 0 Å². The van der Waals surface area contributed by atoms with Gasteiger partial charge in [0, 0.05) is 23.7 Å². The van der Waals surface area contributed by atoms with Gasteiger partial charge < -0.3 is 5.32 Å². The van der Waals surface area contributed by atoms with E-state index < -0.39 is 0 Å². The molecule has 0 unspecified atom stereocenters. The summed E-state index contributed by atoms with van der Waals surface area (Å²) in [5, 5.41) is 7.85. The number of fused-ring (bicyclic) bond motifs is 1. The van der Waals surface area contributed by atoms with E-state index in [-0.39, 0.29) is 17.4 Å². The Morgan fingerprint density at radius 1 is 1.17 bits per heavy atom.